The topological polar surface area (TPSA) is 37.4 Å². The van der Waals surface area contributed by atoms with E-state index in [1.54, 1.807) is 0 Å². The lowest BCUT2D eigenvalue weighted by Crippen LogP contribution is -2.23. The van der Waals surface area contributed by atoms with Gasteiger partial charge in [0.05, 0.1) is 0 Å². The van der Waals surface area contributed by atoms with Crippen molar-refractivity contribution in [3.05, 3.63) is 138 Å². The van der Waals surface area contributed by atoms with Crippen LogP contribution in [0.5, 0.6) is 0 Å². The number of benzene rings is 4. The van der Waals surface area contributed by atoms with Gasteiger partial charge in [-0.1, -0.05) is 98.8 Å². The molecule has 0 N–H and O–H groups in total. The average Bonchev–Trinajstić information content (AvgIpc) is 3.32. The van der Waals surface area contributed by atoms with Crippen LogP contribution in [0.1, 0.15) is 25.3 Å². The van der Waals surface area contributed by atoms with Gasteiger partial charge in [-0.25, -0.2) is 0 Å². The van der Waals surface area contributed by atoms with E-state index in [2.05, 4.69) is 66.4 Å². The fourth-order valence-electron chi connectivity index (χ4n) is 6.29. The maximum atomic E-state index is 14.5. The predicted molar refractivity (Wildman–Crippen MR) is 167 cm³/mol. The van der Waals surface area contributed by atoms with Crippen LogP contribution in [0.4, 0.5) is 11.4 Å². The van der Waals surface area contributed by atoms with Crippen molar-refractivity contribution in [2.24, 2.45) is 5.92 Å². The van der Waals surface area contributed by atoms with E-state index in [-0.39, 0.29) is 11.8 Å². The highest BCUT2D eigenvalue weighted by Crippen LogP contribution is 2.62. The number of hydrogen-bond acceptors (Lipinski definition) is 3. The van der Waals surface area contributed by atoms with Gasteiger partial charge in [-0.15, -0.1) is 0 Å². The third-order valence-electron chi connectivity index (χ3n) is 8.35. The van der Waals surface area contributed by atoms with Crippen molar-refractivity contribution in [3.8, 4) is 0 Å². The fourth-order valence-corrected chi connectivity index (χ4v) is 11.0. The first-order valence-electron chi connectivity index (χ1n) is 13.6. The SMILES string of the molecule is CCP(=O)(c1ccccc1)c1ccc2c(c1)C1C(=CC=C(P(C)(=O)c3ccccc3)C1C)N2c1ccccc1. The first kappa shape index (κ1) is 25.9. The summed E-state index contributed by atoms with van der Waals surface area (Å²) in [6.45, 7) is 6.11. The van der Waals surface area contributed by atoms with Gasteiger partial charge in [-0.05, 0) is 59.9 Å². The Morgan fingerprint density at radius 2 is 1.31 bits per heavy atom. The van der Waals surface area contributed by atoms with Gasteiger partial charge in [0.15, 0.2) is 0 Å². The largest absolute Gasteiger partial charge is 0.314 e. The molecule has 4 atom stereocenters. The molecule has 0 spiro atoms. The van der Waals surface area contributed by atoms with Crippen molar-refractivity contribution in [3.63, 3.8) is 0 Å². The first-order valence-corrected chi connectivity index (χ1v) is 17.6. The number of nitrogens with zero attached hydrogens (tertiary/aromatic N) is 1. The fraction of sp³-hybridized carbons (Fsp3) is 0.176. The second kappa shape index (κ2) is 9.98. The van der Waals surface area contributed by atoms with Crippen LogP contribution in [-0.2, 0) is 9.13 Å². The highest BCUT2D eigenvalue weighted by Gasteiger charge is 2.44. The summed E-state index contributed by atoms with van der Waals surface area (Å²) in [5.74, 6) is 0.0275. The van der Waals surface area contributed by atoms with E-state index >= 15 is 0 Å². The van der Waals surface area contributed by atoms with E-state index in [4.69, 9.17) is 0 Å². The lowest BCUT2D eigenvalue weighted by molar-refractivity contribution is 0.566. The van der Waals surface area contributed by atoms with Crippen LogP contribution in [0.3, 0.4) is 0 Å². The number of para-hydroxylation sites is 1. The van der Waals surface area contributed by atoms with E-state index in [0.29, 0.717) is 6.16 Å². The molecule has 0 amide bonds. The molecule has 1 heterocycles. The summed E-state index contributed by atoms with van der Waals surface area (Å²) in [6.07, 6.45) is 4.81. The van der Waals surface area contributed by atoms with Crippen molar-refractivity contribution in [1.82, 2.24) is 0 Å². The van der Waals surface area contributed by atoms with Gasteiger partial charge < -0.3 is 14.0 Å². The highest BCUT2D eigenvalue weighted by molar-refractivity contribution is 7.78. The minimum absolute atomic E-state index is 0.0122. The van der Waals surface area contributed by atoms with Crippen molar-refractivity contribution in [2.45, 2.75) is 19.8 Å². The summed E-state index contributed by atoms with van der Waals surface area (Å²) >= 11 is 0. The second-order valence-electron chi connectivity index (χ2n) is 10.5. The molecule has 1 aliphatic carbocycles. The predicted octanol–water partition coefficient (Wildman–Crippen LogP) is 7.99. The van der Waals surface area contributed by atoms with Gasteiger partial charge in [-0.2, -0.15) is 0 Å². The number of fused-ring (bicyclic) bond motifs is 3. The lowest BCUT2D eigenvalue weighted by Gasteiger charge is -2.33. The van der Waals surface area contributed by atoms with Crippen LogP contribution in [0.25, 0.3) is 0 Å². The molecule has 5 heteroatoms. The number of anilines is 2. The molecule has 2 aliphatic rings. The molecule has 4 aromatic rings. The summed E-state index contributed by atoms with van der Waals surface area (Å²) < 4.78 is 28.8. The van der Waals surface area contributed by atoms with Crippen LogP contribution in [0, 0.1) is 5.92 Å². The molecule has 0 fully saturated rings. The van der Waals surface area contributed by atoms with Crippen LogP contribution >= 0.6 is 14.3 Å². The van der Waals surface area contributed by atoms with Crippen LogP contribution in [-0.4, -0.2) is 12.8 Å². The van der Waals surface area contributed by atoms with Crippen molar-refractivity contribution in [1.29, 1.82) is 0 Å². The molecular formula is C34H33NO2P2. The Balaban J connectivity index is 1.53. The Bertz CT molecular complexity index is 1680. The Hall–Kier alpha value is -3.38. The molecule has 4 unspecified atom stereocenters. The summed E-state index contributed by atoms with van der Waals surface area (Å²) in [7, 11) is -5.58. The van der Waals surface area contributed by atoms with Crippen molar-refractivity contribution < 1.29 is 9.13 Å². The molecule has 0 aromatic heterocycles. The summed E-state index contributed by atoms with van der Waals surface area (Å²) in [6, 6.07) is 36.4. The van der Waals surface area contributed by atoms with E-state index in [9.17, 15) is 9.13 Å². The van der Waals surface area contributed by atoms with Gasteiger partial charge >= 0.3 is 0 Å². The van der Waals surface area contributed by atoms with Gasteiger partial charge in [0.25, 0.3) is 0 Å². The third-order valence-corrected chi connectivity index (χ3v) is 14.3. The summed E-state index contributed by atoms with van der Waals surface area (Å²) in [5, 5.41) is 3.64. The van der Waals surface area contributed by atoms with E-state index in [0.717, 1.165) is 38.2 Å². The zero-order valence-corrected chi connectivity index (χ0v) is 24.4. The maximum Gasteiger partial charge on any atom is 0.143 e. The number of allylic oxidation sites excluding steroid dienone is 4. The number of rotatable bonds is 6. The molecule has 4 aromatic carbocycles. The highest BCUT2D eigenvalue weighted by atomic mass is 31.2. The second-order valence-corrected chi connectivity index (χ2v) is 16.5. The normalized spacial score (nSPS) is 21.2. The monoisotopic (exact) mass is 549 g/mol. The maximum absolute atomic E-state index is 14.5. The molecular weight excluding hydrogens is 516 g/mol. The molecule has 3 nitrogen and oxygen atoms in total. The zero-order valence-electron chi connectivity index (χ0n) is 22.6. The Kier molecular flexibility index (Phi) is 6.62. The quantitative estimate of drug-likeness (QED) is 0.229. The van der Waals surface area contributed by atoms with E-state index in [1.165, 1.54) is 5.70 Å². The van der Waals surface area contributed by atoms with Gasteiger partial charge in [0.2, 0.25) is 0 Å². The smallest absolute Gasteiger partial charge is 0.143 e. The van der Waals surface area contributed by atoms with Gasteiger partial charge in [-0.3, -0.25) is 0 Å². The summed E-state index contributed by atoms with van der Waals surface area (Å²) in [4.78, 5) is 2.32. The molecule has 0 saturated carbocycles. The van der Waals surface area contributed by atoms with Crippen molar-refractivity contribution >= 4 is 41.6 Å². The zero-order chi connectivity index (χ0) is 27.2. The van der Waals surface area contributed by atoms with E-state index < -0.39 is 14.3 Å². The van der Waals surface area contributed by atoms with Crippen LogP contribution in [0.2, 0.25) is 0 Å². The van der Waals surface area contributed by atoms with Crippen molar-refractivity contribution in [2.75, 3.05) is 17.7 Å². The Morgan fingerprint density at radius 3 is 1.92 bits per heavy atom. The molecule has 39 heavy (non-hydrogen) atoms. The molecule has 0 bridgehead atoms. The summed E-state index contributed by atoms with van der Waals surface area (Å²) in [5.41, 5.74) is 4.51. The Labute approximate surface area is 231 Å². The van der Waals surface area contributed by atoms with E-state index in [1.807, 2.05) is 80.3 Å². The van der Waals surface area contributed by atoms with Gasteiger partial charge in [0.1, 0.15) is 14.3 Å². The van der Waals surface area contributed by atoms with Crippen LogP contribution < -0.4 is 20.8 Å². The minimum Gasteiger partial charge on any atom is -0.314 e. The molecule has 196 valence electrons. The first-order chi connectivity index (χ1) is 18.9. The molecule has 0 saturated heterocycles. The Morgan fingerprint density at radius 1 is 0.718 bits per heavy atom. The average molecular weight is 550 g/mol. The third kappa shape index (κ3) is 4.20. The molecule has 1 aliphatic heterocycles. The molecule has 0 radical (unpaired) electrons. The lowest BCUT2D eigenvalue weighted by atomic mass is 9.83. The van der Waals surface area contributed by atoms with Gasteiger partial charge in [0, 0.05) is 45.1 Å². The standard InChI is InChI=1S/C34H33NO2P2/c1-4-39(37,28-18-12-7-13-19-28)29-20-21-31-30(24-29)34-25(2)33(38(3,36)27-16-10-6-11-17-27)23-22-32(34)35(31)26-14-8-5-9-15-26/h5-25,34H,4H2,1-3H3. The minimum atomic E-state index is -2.80. The number of hydrogen-bond donors (Lipinski definition) is 0. The van der Waals surface area contributed by atoms with Crippen LogP contribution in [0.15, 0.2) is 132 Å². The molecule has 6 rings (SSSR count).